The highest BCUT2D eigenvalue weighted by atomic mass is 16.6. The summed E-state index contributed by atoms with van der Waals surface area (Å²) < 4.78 is 10.1. The molecule has 1 aromatic rings. The maximum atomic E-state index is 11.1. The van der Waals surface area contributed by atoms with Gasteiger partial charge in [0.05, 0.1) is 6.61 Å². The summed E-state index contributed by atoms with van der Waals surface area (Å²) in [5, 5.41) is 0. The van der Waals surface area contributed by atoms with Crippen molar-refractivity contribution in [2.45, 2.75) is 33.1 Å². The summed E-state index contributed by atoms with van der Waals surface area (Å²) in [6, 6.07) is 7.86. The summed E-state index contributed by atoms with van der Waals surface area (Å²) in [7, 11) is 0. The highest BCUT2D eigenvalue weighted by Gasteiger charge is 2.02. The molecule has 0 aromatic heterocycles. The third-order valence-corrected chi connectivity index (χ3v) is 2.40. The second kappa shape index (κ2) is 7.71. The van der Waals surface area contributed by atoms with E-state index in [0.717, 1.165) is 6.42 Å². The number of benzene rings is 1. The molecule has 0 amide bonds. The number of esters is 1. The molecule has 0 saturated carbocycles. The van der Waals surface area contributed by atoms with Crippen molar-refractivity contribution in [2.75, 3.05) is 13.2 Å². The van der Waals surface area contributed by atoms with Gasteiger partial charge < -0.3 is 9.47 Å². The van der Waals surface area contributed by atoms with E-state index in [2.05, 4.69) is 6.92 Å². The van der Waals surface area contributed by atoms with Crippen LogP contribution in [0.4, 0.5) is 0 Å². The van der Waals surface area contributed by atoms with Gasteiger partial charge in [-0.2, -0.15) is 0 Å². The summed E-state index contributed by atoms with van der Waals surface area (Å²) in [4.78, 5) is 11.1. The van der Waals surface area contributed by atoms with Crippen molar-refractivity contribution in [1.82, 2.24) is 0 Å². The third-order valence-electron chi connectivity index (χ3n) is 2.40. The molecule has 1 aromatic carbocycles. The molecule has 17 heavy (non-hydrogen) atoms. The Morgan fingerprint density at radius 2 is 1.88 bits per heavy atom. The second-order valence-electron chi connectivity index (χ2n) is 3.84. The van der Waals surface area contributed by atoms with E-state index in [0.29, 0.717) is 12.4 Å². The van der Waals surface area contributed by atoms with Crippen LogP contribution in [0.2, 0.25) is 0 Å². The van der Waals surface area contributed by atoms with Crippen molar-refractivity contribution >= 4 is 5.97 Å². The lowest BCUT2D eigenvalue weighted by Gasteiger charge is -2.06. The average Bonchev–Trinajstić information content (AvgIpc) is 2.35. The average molecular weight is 236 g/mol. The number of unbranched alkanes of at least 4 members (excludes halogenated alkanes) is 1. The van der Waals surface area contributed by atoms with Crippen LogP contribution in [0.1, 0.15) is 32.3 Å². The zero-order valence-electron chi connectivity index (χ0n) is 10.6. The molecule has 0 unspecified atom stereocenters. The van der Waals surface area contributed by atoms with Crippen molar-refractivity contribution in [1.29, 1.82) is 0 Å². The first-order valence-electron chi connectivity index (χ1n) is 6.13. The predicted molar refractivity (Wildman–Crippen MR) is 67.2 cm³/mol. The highest BCUT2D eigenvalue weighted by molar-refractivity contribution is 5.71. The fraction of sp³-hybridized carbons (Fsp3) is 0.500. The molecule has 0 spiro atoms. The van der Waals surface area contributed by atoms with Crippen LogP contribution in [0.3, 0.4) is 0 Å². The van der Waals surface area contributed by atoms with Crippen molar-refractivity contribution in [3.63, 3.8) is 0 Å². The highest BCUT2D eigenvalue weighted by Crippen LogP contribution is 2.13. The number of hydrogen-bond donors (Lipinski definition) is 0. The first-order chi connectivity index (χ1) is 8.26. The van der Waals surface area contributed by atoms with Gasteiger partial charge in [-0.05, 0) is 37.5 Å². The first-order valence-corrected chi connectivity index (χ1v) is 6.13. The Kier molecular flexibility index (Phi) is 6.15. The predicted octanol–water partition coefficient (Wildman–Crippen LogP) is 2.97. The van der Waals surface area contributed by atoms with E-state index < -0.39 is 0 Å². The number of carbonyl (C=O) groups is 1. The van der Waals surface area contributed by atoms with E-state index in [1.54, 1.807) is 6.92 Å². The lowest BCUT2D eigenvalue weighted by Crippen LogP contribution is -2.14. The number of aryl methyl sites for hydroxylation is 1. The molecular formula is C14H20O3. The molecule has 0 aliphatic heterocycles. The normalized spacial score (nSPS) is 10.0. The standard InChI is InChI=1S/C14H20O3/c1-3-5-6-12-7-9-13(10-8-12)17-11-14(15)16-4-2/h7-10H,3-6,11H2,1-2H3. The van der Waals surface area contributed by atoms with E-state index in [-0.39, 0.29) is 12.6 Å². The van der Waals surface area contributed by atoms with Crippen molar-refractivity contribution < 1.29 is 14.3 Å². The zero-order valence-corrected chi connectivity index (χ0v) is 10.6. The molecule has 0 aliphatic rings. The Morgan fingerprint density at radius 3 is 2.47 bits per heavy atom. The van der Waals surface area contributed by atoms with Crippen LogP contribution >= 0.6 is 0 Å². The maximum absolute atomic E-state index is 11.1. The van der Waals surface area contributed by atoms with Crippen LogP contribution in [0.15, 0.2) is 24.3 Å². The number of carbonyl (C=O) groups excluding carboxylic acids is 1. The Balaban J connectivity index is 2.37. The van der Waals surface area contributed by atoms with E-state index in [4.69, 9.17) is 9.47 Å². The lowest BCUT2D eigenvalue weighted by atomic mass is 10.1. The maximum Gasteiger partial charge on any atom is 0.344 e. The molecule has 3 heteroatoms. The Labute approximate surface area is 103 Å². The molecule has 0 bridgehead atoms. The number of rotatable bonds is 7. The molecule has 0 radical (unpaired) electrons. The van der Waals surface area contributed by atoms with Gasteiger partial charge in [0, 0.05) is 0 Å². The van der Waals surface area contributed by atoms with Crippen LogP contribution in [-0.2, 0) is 16.0 Å². The van der Waals surface area contributed by atoms with E-state index in [9.17, 15) is 4.79 Å². The van der Waals surface area contributed by atoms with Gasteiger partial charge in [0.15, 0.2) is 6.61 Å². The Hall–Kier alpha value is -1.51. The smallest absolute Gasteiger partial charge is 0.344 e. The van der Waals surface area contributed by atoms with Gasteiger partial charge in [-0.25, -0.2) is 4.79 Å². The van der Waals surface area contributed by atoms with Gasteiger partial charge in [0.25, 0.3) is 0 Å². The van der Waals surface area contributed by atoms with Gasteiger partial charge in [0.1, 0.15) is 5.75 Å². The van der Waals surface area contributed by atoms with Gasteiger partial charge >= 0.3 is 5.97 Å². The van der Waals surface area contributed by atoms with Crippen LogP contribution in [0, 0.1) is 0 Å². The molecule has 0 atom stereocenters. The second-order valence-corrected chi connectivity index (χ2v) is 3.84. The topological polar surface area (TPSA) is 35.5 Å². The van der Waals surface area contributed by atoms with Crippen molar-refractivity contribution in [3.05, 3.63) is 29.8 Å². The minimum Gasteiger partial charge on any atom is -0.482 e. The fourth-order valence-corrected chi connectivity index (χ4v) is 1.48. The van der Waals surface area contributed by atoms with E-state index >= 15 is 0 Å². The quantitative estimate of drug-likeness (QED) is 0.683. The molecule has 0 saturated heterocycles. The fourth-order valence-electron chi connectivity index (χ4n) is 1.48. The van der Waals surface area contributed by atoms with Crippen molar-refractivity contribution in [3.8, 4) is 5.75 Å². The third kappa shape index (κ3) is 5.38. The summed E-state index contributed by atoms with van der Waals surface area (Å²) >= 11 is 0. The Morgan fingerprint density at radius 1 is 1.18 bits per heavy atom. The molecule has 3 nitrogen and oxygen atoms in total. The molecule has 0 aliphatic carbocycles. The van der Waals surface area contributed by atoms with Gasteiger partial charge in [0.2, 0.25) is 0 Å². The monoisotopic (exact) mass is 236 g/mol. The summed E-state index contributed by atoms with van der Waals surface area (Å²) in [5.41, 5.74) is 1.30. The molecular weight excluding hydrogens is 216 g/mol. The molecule has 0 fully saturated rings. The SMILES string of the molecule is CCCCc1ccc(OCC(=O)OCC)cc1. The first kappa shape index (κ1) is 13.6. The van der Waals surface area contributed by atoms with Crippen LogP contribution in [0.5, 0.6) is 5.75 Å². The number of ether oxygens (including phenoxy) is 2. The number of hydrogen-bond acceptors (Lipinski definition) is 3. The molecule has 1 rings (SSSR count). The molecule has 0 heterocycles. The van der Waals surface area contributed by atoms with E-state index in [1.807, 2.05) is 24.3 Å². The largest absolute Gasteiger partial charge is 0.482 e. The summed E-state index contributed by atoms with van der Waals surface area (Å²) in [6.45, 7) is 4.32. The molecule has 94 valence electrons. The van der Waals surface area contributed by atoms with Gasteiger partial charge in [-0.1, -0.05) is 25.5 Å². The van der Waals surface area contributed by atoms with Crippen LogP contribution in [-0.4, -0.2) is 19.2 Å². The van der Waals surface area contributed by atoms with Crippen molar-refractivity contribution in [2.24, 2.45) is 0 Å². The molecule has 0 N–H and O–H groups in total. The van der Waals surface area contributed by atoms with Gasteiger partial charge in [-0.15, -0.1) is 0 Å². The minimum absolute atomic E-state index is 0.0256. The van der Waals surface area contributed by atoms with Crippen LogP contribution in [0.25, 0.3) is 0 Å². The van der Waals surface area contributed by atoms with Crippen LogP contribution < -0.4 is 4.74 Å². The summed E-state index contributed by atoms with van der Waals surface area (Å²) in [5.74, 6) is 0.376. The zero-order chi connectivity index (χ0) is 12.5. The van der Waals surface area contributed by atoms with E-state index in [1.165, 1.54) is 18.4 Å². The van der Waals surface area contributed by atoms with Gasteiger partial charge in [-0.3, -0.25) is 0 Å². The lowest BCUT2D eigenvalue weighted by molar-refractivity contribution is -0.145. The summed E-state index contributed by atoms with van der Waals surface area (Å²) in [6.07, 6.45) is 3.48. The minimum atomic E-state index is -0.331. The Bertz CT molecular complexity index is 330.